The molecular weight excluding hydrogens is 199 g/mol. The molecule has 0 aliphatic carbocycles. The van der Waals surface area contributed by atoms with Gasteiger partial charge in [-0.3, -0.25) is 0 Å². The molecule has 4 heteroatoms. The van der Waals surface area contributed by atoms with E-state index in [0.717, 1.165) is 5.04 Å². The molecular formula is C8H15OPSi2. The summed E-state index contributed by atoms with van der Waals surface area (Å²) in [6.45, 7) is 10.1. The normalized spacial score (nSPS) is 75.0. The fourth-order valence-electron chi connectivity index (χ4n) is 4.27. The highest BCUT2D eigenvalue weighted by atomic mass is 31.4. The van der Waals surface area contributed by atoms with Crippen molar-refractivity contribution in [1.82, 2.24) is 0 Å². The molecule has 4 unspecified atom stereocenters. The van der Waals surface area contributed by atoms with E-state index in [1.54, 1.807) is 6.16 Å². The molecule has 5 aliphatic heterocycles. The minimum absolute atomic E-state index is 0.511. The quantitative estimate of drug-likeness (QED) is 0.482. The third-order valence-corrected chi connectivity index (χ3v) is 25.7. The summed E-state index contributed by atoms with van der Waals surface area (Å²) in [7, 11) is -1.33. The minimum atomic E-state index is -0.986. The van der Waals surface area contributed by atoms with Crippen LogP contribution in [0.4, 0.5) is 0 Å². The molecule has 0 N–H and O–H groups in total. The lowest BCUT2D eigenvalue weighted by molar-refractivity contribution is 0.170. The maximum absolute atomic E-state index is 6.34. The molecule has 5 saturated heterocycles. The van der Waals surface area contributed by atoms with E-state index in [1.807, 2.05) is 0 Å². The van der Waals surface area contributed by atoms with Gasteiger partial charge < -0.3 is 4.43 Å². The maximum Gasteiger partial charge on any atom is 0.234 e. The molecule has 5 heterocycles. The monoisotopic (exact) mass is 214 g/mol. The highest BCUT2D eigenvalue weighted by Crippen LogP contribution is 3.19. The Morgan fingerprint density at radius 3 is 2.33 bits per heavy atom. The zero-order valence-corrected chi connectivity index (χ0v) is 11.0. The summed E-state index contributed by atoms with van der Waals surface area (Å²) >= 11 is 0. The van der Waals surface area contributed by atoms with E-state index in [2.05, 4.69) is 26.6 Å². The SMILES string of the molecule is CC12CP3[C@@]4([Si](C)(C)C)O[Si]31C24. The lowest BCUT2D eigenvalue weighted by Crippen LogP contribution is -2.77. The average Bonchev–Trinajstić information content (AvgIpc) is 2.08. The van der Waals surface area contributed by atoms with Crippen LogP contribution in [-0.4, -0.2) is 27.2 Å². The molecule has 0 amide bonds. The van der Waals surface area contributed by atoms with Crippen LogP contribution >= 0.6 is 7.47 Å². The molecule has 0 radical (unpaired) electrons. The molecule has 1 spiro atoms. The summed E-state index contributed by atoms with van der Waals surface area (Å²) in [5.74, 6) is 0. The summed E-state index contributed by atoms with van der Waals surface area (Å²) < 4.78 is 6.34. The number of hydrogen-bond acceptors (Lipinski definition) is 1. The van der Waals surface area contributed by atoms with Gasteiger partial charge in [-0.05, 0) is 6.16 Å². The fraction of sp³-hybridized carbons (Fsp3) is 1.00. The summed E-state index contributed by atoms with van der Waals surface area (Å²) in [5.41, 5.74) is 1.18. The van der Waals surface area contributed by atoms with Gasteiger partial charge in [-0.15, -0.1) is 0 Å². The highest BCUT2D eigenvalue weighted by Gasteiger charge is 3.14. The van der Waals surface area contributed by atoms with Crippen molar-refractivity contribution in [3.8, 4) is 0 Å². The fourth-order valence-corrected chi connectivity index (χ4v) is 34.8. The predicted octanol–water partition coefficient (Wildman–Crippen LogP) is 2.69. The van der Waals surface area contributed by atoms with Crippen LogP contribution in [0.5, 0.6) is 0 Å². The maximum atomic E-state index is 6.34. The summed E-state index contributed by atoms with van der Waals surface area (Å²) in [4.78, 5) is 0.587. The van der Waals surface area contributed by atoms with Crippen molar-refractivity contribution in [2.24, 2.45) is 0 Å². The van der Waals surface area contributed by atoms with Gasteiger partial charge in [0.2, 0.25) is 7.98 Å². The molecule has 5 rings (SSSR count). The van der Waals surface area contributed by atoms with Crippen LogP contribution in [0.3, 0.4) is 0 Å². The largest absolute Gasteiger partial charge is 0.405 e. The Morgan fingerprint density at radius 2 is 2.17 bits per heavy atom. The lowest BCUT2D eigenvalue weighted by Gasteiger charge is -2.73. The predicted molar refractivity (Wildman–Crippen MR) is 56.8 cm³/mol. The van der Waals surface area contributed by atoms with Crippen LogP contribution in [0.1, 0.15) is 6.92 Å². The summed E-state index contributed by atoms with van der Waals surface area (Å²) in [5, 5.41) is 0.832. The smallest absolute Gasteiger partial charge is 0.234 e. The first kappa shape index (κ1) is 7.16. The van der Waals surface area contributed by atoms with Crippen LogP contribution in [0.2, 0.25) is 30.2 Å². The van der Waals surface area contributed by atoms with Crippen LogP contribution < -0.4 is 0 Å². The van der Waals surface area contributed by atoms with Crippen LogP contribution in [0.15, 0.2) is 0 Å². The van der Waals surface area contributed by atoms with Crippen molar-refractivity contribution in [2.45, 2.75) is 42.1 Å². The first-order valence-electron chi connectivity index (χ1n) is 4.89. The Hall–Kier alpha value is 0.824. The van der Waals surface area contributed by atoms with Crippen LogP contribution in [0, 0.1) is 0 Å². The molecule has 5 fully saturated rings. The number of rotatable bonds is 1. The summed E-state index contributed by atoms with van der Waals surface area (Å²) in [6.07, 6.45) is 1.61. The van der Waals surface area contributed by atoms with Crippen molar-refractivity contribution in [3.05, 3.63) is 0 Å². The molecule has 12 heavy (non-hydrogen) atoms. The topological polar surface area (TPSA) is 9.23 Å². The molecule has 0 aromatic carbocycles. The highest BCUT2D eigenvalue weighted by molar-refractivity contribution is 8.10. The second kappa shape index (κ2) is 1.29. The molecule has 0 aromatic heterocycles. The average molecular weight is 214 g/mol. The minimum Gasteiger partial charge on any atom is -0.405 e. The van der Waals surface area contributed by atoms with Crippen molar-refractivity contribution in [1.29, 1.82) is 0 Å². The Kier molecular flexibility index (Phi) is 0.767. The molecule has 5 aliphatic rings. The molecule has 1 nitrogen and oxygen atoms in total. The third-order valence-electron chi connectivity index (χ3n) is 4.83. The van der Waals surface area contributed by atoms with E-state index >= 15 is 0 Å². The van der Waals surface area contributed by atoms with Crippen molar-refractivity contribution < 1.29 is 4.43 Å². The Morgan fingerprint density at radius 1 is 1.50 bits per heavy atom. The van der Waals surface area contributed by atoms with Gasteiger partial charge in [-0.2, -0.15) is 0 Å². The third kappa shape index (κ3) is 0.312. The first-order valence-corrected chi connectivity index (χ1v) is 12.7. The second-order valence-electron chi connectivity index (χ2n) is 6.18. The van der Waals surface area contributed by atoms with Gasteiger partial charge in [-0.1, -0.05) is 34.0 Å². The van der Waals surface area contributed by atoms with Gasteiger partial charge >= 0.3 is 0 Å². The lowest BCUT2D eigenvalue weighted by atomic mass is 10.1. The van der Waals surface area contributed by atoms with E-state index in [0.29, 0.717) is 12.4 Å². The van der Waals surface area contributed by atoms with Gasteiger partial charge in [0.05, 0.1) is 13.0 Å². The first-order chi connectivity index (χ1) is 5.41. The van der Waals surface area contributed by atoms with E-state index in [1.165, 1.54) is 5.54 Å². The molecule has 66 valence electrons. The summed E-state index contributed by atoms with van der Waals surface area (Å²) in [6, 6.07) is 0. The van der Waals surface area contributed by atoms with Gasteiger partial charge in [0, 0.05) is 10.6 Å². The van der Waals surface area contributed by atoms with Gasteiger partial charge in [0.25, 0.3) is 0 Å². The standard InChI is InChI=1S/C8H15OPSi2/c1-7-5-10-8(11(2,3)4)6(7)12(7,10)9-8/h6H,5H2,1-4H3/t6?,7?,8-,10?,12?/m0/s1. The van der Waals surface area contributed by atoms with Crippen LogP contribution in [-0.2, 0) is 4.43 Å². The van der Waals surface area contributed by atoms with E-state index in [4.69, 9.17) is 4.43 Å². The number of hydrogen-bond donors (Lipinski definition) is 0. The zero-order valence-electron chi connectivity index (χ0n) is 8.14. The molecule has 5 atom stereocenters. The van der Waals surface area contributed by atoms with Crippen LogP contribution in [0.25, 0.3) is 0 Å². The Labute approximate surface area is 76.6 Å². The van der Waals surface area contributed by atoms with E-state index in [-0.39, 0.29) is 0 Å². The van der Waals surface area contributed by atoms with Gasteiger partial charge in [0.1, 0.15) is 0 Å². The van der Waals surface area contributed by atoms with Crippen molar-refractivity contribution >= 4 is 23.5 Å². The van der Waals surface area contributed by atoms with Gasteiger partial charge in [0.15, 0.2) is 0 Å². The zero-order chi connectivity index (χ0) is 8.57. The Balaban J connectivity index is 1.85. The Bertz CT molecular complexity index is 324. The molecule has 0 saturated carbocycles. The van der Waals surface area contributed by atoms with E-state index < -0.39 is 16.1 Å². The molecule has 0 aromatic rings. The van der Waals surface area contributed by atoms with Gasteiger partial charge in [-0.25, -0.2) is 0 Å². The van der Waals surface area contributed by atoms with Crippen molar-refractivity contribution in [3.63, 3.8) is 0 Å². The second-order valence-corrected chi connectivity index (χ2v) is 20.6. The molecule has 2 bridgehead atoms. The van der Waals surface area contributed by atoms with Crippen molar-refractivity contribution in [2.75, 3.05) is 6.16 Å². The van der Waals surface area contributed by atoms with E-state index in [9.17, 15) is 0 Å².